The molecule has 1 fully saturated rings. The summed E-state index contributed by atoms with van der Waals surface area (Å²) in [6.07, 6.45) is 0.796. The molecule has 0 radical (unpaired) electrons. The van der Waals surface area contributed by atoms with Crippen LogP contribution in [0.4, 0.5) is 0 Å². The summed E-state index contributed by atoms with van der Waals surface area (Å²) in [5.74, 6) is -0.397. The van der Waals surface area contributed by atoms with Crippen LogP contribution in [0.15, 0.2) is 0 Å². The van der Waals surface area contributed by atoms with Crippen LogP contribution in [0.25, 0.3) is 0 Å². The number of alkyl halides is 1. The third-order valence-corrected chi connectivity index (χ3v) is 3.70. The van der Waals surface area contributed by atoms with E-state index in [0.717, 1.165) is 0 Å². The Balaban J connectivity index is 2.34. The Bertz CT molecular complexity index is 332. The average Bonchev–Trinajstić information content (AvgIpc) is 2.69. The zero-order valence-electron chi connectivity index (χ0n) is 12.3. The predicted molar refractivity (Wildman–Crippen MR) is 77.6 cm³/mol. The molecule has 0 amide bonds. The molecule has 1 rings (SSSR count). The van der Waals surface area contributed by atoms with E-state index < -0.39 is 4.83 Å². The summed E-state index contributed by atoms with van der Waals surface area (Å²) in [5, 5.41) is 0. The maximum Gasteiger partial charge on any atom is 0.319 e. The molecule has 0 aromatic heterocycles. The van der Waals surface area contributed by atoms with E-state index in [-0.39, 0.29) is 24.0 Å². The first-order valence-electron chi connectivity index (χ1n) is 7.03. The maximum absolute atomic E-state index is 11.7. The Morgan fingerprint density at radius 1 is 1.50 bits per heavy atom. The topological polar surface area (TPSA) is 61.8 Å². The average molecular weight is 351 g/mol. The maximum atomic E-state index is 11.7. The van der Waals surface area contributed by atoms with Gasteiger partial charge in [-0.05, 0) is 25.7 Å². The Labute approximate surface area is 128 Å². The fourth-order valence-corrected chi connectivity index (χ4v) is 2.61. The van der Waals surface area contributed by atoms with Crippen molar-refractivity contribution in [3.63, 3.8) is 0 Å². The van der Waals surface area contributed by atoms with E-state index in [4.69, 9.17) is 14.2 Å². The van der Waals surface area contributed by atoms with Crippen molar-refractivity contribution in [2.24, 2.45) is 11.8 Å². The van der Waals surface area contributed by atoms with Gasteiger partial charge in [0.15, 0.2) is 0 Å². The second-order valence-electron chi connectivity index (χ2n) is 5.38. The fraction of sp³-hybridized carbons (Fsp3) is 0.857. The SMILES string of the molecule is CCOC(=O)C(Br)CC1CC(COCC(C)C)OC1=O. The molecule has 3 unspecified atom stereocenters. The summed E-state index contributed by atoms with van der Waals surface area (Å²) < 4.78 is 15.7. The van der Waals surface area contributed by atoms with Gasteiger partial charge in [-0.2, -0.15) is 0 Å². The summed E-state index contributed by atoms with van der Waals surface area (Å²) in [6.45, 7) is 7.30. The lowest BCUT2D eigenvalue weighted by atomic mass is 9.99. The summed E-state index contributed by atoms with van der Waals surface area (Å²) in [6, 6.07) is 0. The lowest BCUT2D eigenvalue weighted by Gasteiger charge is -2.12. The highest BCUT2D eigenvalue weighted by Crippen LogP contribution is 2.28. The van der Waals surface area contributed by atoms with Gasteiger partial charge >= 0.3 is 11.9 Å². The molecule has 5 nitrogen and oxygen atoms in total. The second kappa shape index (κ2) is 8.62. The Kier molecular flexibility index (Phi) is 7.51. The molecule has 0 aliphatic carbocycles. The van der Waals surface area contributed by atoms with E-state index in [1.165, 1.54) is 0 Å². The van der Waals surface area contributed by atoms with Crippen molar-refractivity contribution in [3.8, 4) is 0 Å². The lowest BCUT2D eigenvalue weighted by molar-refractivity contribution is -0.146. The van der Waals surface area contributed by atoms with Crippen molar-refractivity contribution in [2.45, 2.75) is 44.5 Å². The molecular formula is C14H23BrO5. The second-order valence-corrected chi connectivity index (χ2v) is 6.48. The van der Waals surface area contributed by atoms with E-state index in [1.54, 1.807) is 6.92 Å². The molecule has 6 heteroatoms. The first kappa shape index (κ1) is 17.4. The molecule has 0 aromatic carbocycles. The number of ether oxygens (including phenoxy) is 3. The van der Waals surface area contributed by atoms with Crippen molar-refractivity contribution in [1.29, 1.82) is 0 Å². The standard InChI is InChI=1S/C14H23BrO5/c1-4-19-14(17)12(15)6-10-5-11(20-13(10)16)8-18-7-9(2)3/h9-12H,4-8H2,1-3H3. The predicted octanol–water partition coefficient (Wildman–Crippen LogP) is 2.31. The summed E-state index contributed by atoms with van der Waals surface area (Å²) >= 11 is 3.26. The van der Waals surface area contributed by atoms with Crippen LogP contribution in [0, 0.1) is 11.8 Å². The molecule has 1 heterocycles. The Morgan fingerprint density at radius 2 is 2.20 bits per heavy atom. The molecule has 20 heavy (non-hydrogen) atoms. The van der Waals surface area contributed by atoms with Crippen LogP contribution in [0.2, 0.25) is 0 Å². The van der Waals surface area contributed by atoms with Gasteiger partial charge in [-0.15, -0.1) is 0 Å². The number of hydrogen-bond donors (Lipinski definition) is 0. The molecule has 0 bridgehead atoms. The Morgan fingerprint density at radius 3 is 2.80 bits per heavy atom. The van der Waals surface area contributed by atoms with Crippen molar-refractivity contribution < 1.29 is 23.8 Å². The summed E-state index contributed by atoms with van der Waals surface area (Å²) in [5.41, 5.74) is 0. The van der Waals surface area contributed by atoms with Crippen LogP contribution in [-0.2, 0) is 23.8 Å². The number of carbonyl (C=O) groups excluding carboxylic acids is 2. The highest BCUT2D eigenvalue weighted by molar-refractivity contribution is 9.10. The van der Waals surface area contributed by atoms with Crippen LogP contribution < -0.4 is 0 Å². The number of hydrogen-bond acceptors (Lipinski definition) is 5. The number of halogens is 1. The van der Waals surface area contributed by atoms with Gasteiger partial charge in [0, 0.05) is 6.61 Å². The molecule has 0 spiro atoms. The molecule has 0 N–H and O–H groups in total. The van der Waals surface area contributed by atoms with E-state index in [0.29, 0.717) is 38.6 Å². The van der Waals surface area contributed by atoms with Gasteiger partial charge in [0.2, 0.25) is 0 Å². The van der Waals surface area contributed by atoms with Crippen LogP contribution >= 0.6 is 15.9 Å². The minimum absolute atomic E-state index is 0.201. The lowest BCUT2D eigenvalue weighted by Crippen LogP contribution is -2.22. The first-order chi connectivity index (χ1) is 9.43. The van der Waals surface area contributed by atoms with E-state index in [2.05, 4.69) is 29.8 Å². The van der Waals surface area contributed by atoms with Crippen molar-refractivity contribution in [1.82, 2.24) is 0 Å². The van der Waals surface area contributed by atoms with E-state index >= 15 is 0 Å². The molecule has 3 atom stereocenters. The number of esters is 2. The van der Waals surface area contributed by atoms with Crippen LogP contribution in [-0.4, -0.2) is 42.7 Å². The van der Waals surface area contributed by atoms with E-state index in [1.807, 2.05) is 0 Å². The van der Waals surface area contributed by atoms with Crippen molar-refractivity contribution in [3.05, 3.63) is 0 Å². The summed E-state index contributed by atoms with van der Waals surface area (Å²) in [4.78, 5) is 22.8. The molecule has 0 aromatic rings. The van der Waals surface area contributed by atoms with Gasteiger partial charge in [0.05, 0.1) is 19.1 Å². The van der Waals surface area contributed by atoms with Gasteiger partial charge in [-0.25, -0.2) is 0 Å². The van der Waals surface area contributed by atoms with Crippen molar-refractivity contribution in [2.75, 3.05) is 19.8 Å². The molecule has 1 aliphatic heterocycles. The third kappa shape index (κ3) is 5.79. The highest BCUT2D eigenvalue weighted by Gasteiger charge is 2.37. The zero-order chi connectivity index (χ0) is 15.1. The highest BCUT2D eigenvalue weighted by atomic mass is 79.9. The smallest absolute Gasteiger partial charge is 0.319 e. The molecule has 0 saturated carbocycles. The Hall–Kier alpha value is -0.620. The fourth-order valence-electron chi connectivity index (χ4n) is 2.03. The monoisotopic (exact) mass is 350 g/mol. The number of carbonyl (C=O) groups is 2. The minimum atomic E-state index is -0.463. The number of rotatable bonds is 8. The number of cyclic esters (lactones) is 1. The van der Waals surface area contributed by atoms with Gasteiger partial charge < -0.3 is 14.2 Å². The molecule has 1 saturated heterocycles. The zero-order valence-corrected chi connectivity index (χ0v) is 13.9. The van der Waals surface area contributed by atoms with Crippen molar-refractivity contribution >= 4 is 27.9 Å². The van der Waals surface area contributed by atoms with Crippen LogP contribution in [0.5, 0.6) is 0 Å². The van der Waals surface area contributed by atoms with Gasteiger partial charge in [-0.3, -0.25) is 9.59 Å². The molecular weight excluding hydrogens is 328 g/mol. The van der Waals surface area contributed by atoms with E-state index in [9.17, 15) is 9.59 Å². The minimum Gasteiger partial charge on any atom is -0.465 e. The molecule has 1 aliphatic rings. The normalized spacial score (nSPS) is 23.8. The largest absolute Gasteiger partial charge is 0.465 e. The third-order valence-electron chi connectivity index (χ3n) is 2.95. The molecule has 116 valence electrons. The quantitative estimate of drug-likeness (QED) is 0.496. The van der Waals surface area contributed by atoms with Gasteiger partial charge in [0.25, 0.3) is 0 Å². The van der Waals surface area contributed by atoms with Crippen LogP contribution in [0.1, 0.15) is 33.6 Å². The summed E-state index contributed by atoms with van der Waals surface area (Å²) in [7, 11) is 0. The van der Waals surface area contributed by atoms with Crippen LogP contribution in [0.3, 0.4) is 0 Å². The first-order valence-corrected chi connectivity index (χ1v) is 7.94. The van der Waals surface area contributed by atoms with Gasteiger partial charge in [-0.1, -0.05) is 29.8 Å². The van der Waals surface area contributed by atoms with Gasteiger partial charge in [0.1, 0.15) is 10.9 Å².